The minimum Gasteiger partial charge on any atom is -0.389 e. The number of ether oxygens (including phenoxy) is 1. The highest BCUT2D eigenvalue weighted by Gasteiger charge is 2.03. The SMILES string of the molecule is CCOC[C@H](O)CNc1cncc(Br)c1. The molecule has 0 saturated carbocycles. The number of halogens is 1. The molecule has 84 valence electrons. The number of rotatable bonds is 6. The third kappa shape index (κ3) is 5.11. The van der Waals surface area contributed by atoms with Gasteiger partial charge in [0, 0.05) is 23.8 Å². The van der Waals surface area contributed by atoms with Gasteiger partial charge < -0.3 is 15.2 Å². The average molecular weight is 275 g/mol. The third-order valence-corrected chi connectivity index (χ3v) is 2.19. The molecule has 4 nitrogen and oxygen atoms in total. The molecule has 0 unspecified atom stereocenters. The predicted molar refractivity (Wildman–Crippen MR) is 62.9 cm³/mol. The molecule has 1 aromatic rings. The van der Waals surface area contributed by atoms with E-state index in [4.69, 9.17) is 4.74 Å². The van der Waals surface area contributed by atoms with E-state index in [-0.39, 0.29) is 0 Å². The Morgan fingerprint density at radius 2 is 2.40 bits per heavy atom. The lowest BCUT2D eigenvalue weighted by Crippen LogP contribution is -2.24. The Kier molecular flexibility index (Phi) is 5.60. The molecule has 0 amide bonds. The maximum atomic E-state index is 9.49. The highest BCUT2D eigenvalue weighted by atomic mass is 79.9. The molecule has 1 heterocycles. The van der Waals surface area contributed by atoms with Crippen LogP contribution >= 0.6 is 15.9 Å². The molecule has 0 aliphatic carbocycles. The van der Waals surface area contributed by atoms with E-state index < -0.39 is 6.10 Å². The van der Waals surface area contributed by atoms with E-state index in [1.807, 2.05) is 13.0 Å². The fourth-order valence-electron chi connectivity index (χ4n) is 1.06. The number of hydrogen-bond acceptors (Lipinski definition) is 4. The lowest BCUT2D eigenvalue weighted by atomic mass is 10.3. The summed E-state index contributed by atoms with van der Waals surface area (Å²) in [6.07, 6.45) is 2.92. The maximum Gasteiger partial charge on any atom is 0.0945 e. The molecule has 0 aliphatic rings. The molecule has 0 bridgehead atoms. The van der Waals surface area contributed by atoms with Gasteiger partial charge in [-0.3, -0.25) is 4.98 Å². The van der Waals surface area contributed by atoms with Crippen LogP contribution in [0.4, 0.5) is 5.69 Å². The summed E-state index contributed by atoms with van der Waals surface area (Å²) in [5.74, 6) is 0. The molecule has 0 fully saturated rings. The van der Waals surface area contributed by atoms with Crippen molar-refractivity contribution < 1.29 is 9.84 Å². The van der Waals surface area contributed by atoms with Crippen LogP contribution in [0.1, 0.15) is 6.92 Å². The van der Waals surface area contributed by atoms with E-state index >= 15 is 0 Å². The number of aliphatic hydroxyl groups is 1. The molecule has 1 aromatic heterocycles. The van der Waals surface area contributed by atoms with Crippen molar-refractivity contribution in [3.05, 3.63) is 22.9 Å². The zero-order chi connectivity index (χ0) is 11.1. The van der Waals surface area contributed by atoms with Crippen molar-refractivity contribution >= 4 is 21.6 Å². The van der Waals surface area contributed by atoms with Crippen LogP contribution in [0.5, 0.6) is 0 Å². The minimum absolute atomic E-state index is 0.352. The van der Waals surface area contributed by atoms with Gasteiger partial charge in [0.1, 0.15) is 0 Å². The molecule has 2 N–H and O–H groups in total. The molecular formula is C10H15BrN2O2. The first-order chi connectivity index (χ1) is 7.22. The highest BCUT2D eigenvalue weighted by Crippen LogP contribution is 2.13. The smallest absolute Gasteiger partial charge is 0.0945 e. The molecule has 0 radical (unpaired) electrons. The molecule has 15 heavy (non-hydrogen) atoms. The number of anilines is 1. The van der Waals surface area contributed by atoms with Gasteiger partial charge in [0.05, 0.1) is 24.6 Å². The van der Waals surface area contributed by atoms with E-state index in [1.165, 1.54) is 0 Å². The lowest BCUT2D eigenvalue weighted by Gasteiger charge is -2.12. The summed E-state index contributed by atoms with van der Waals surface area (Å²) in [4.78, 5) is 4.00. The standard InChI is InChI=1S/C10H15BrN2O2/c1-2-15-7-10(14)6-13-9-3-8(11)4-12-5-9/h3-5,10,13-14H,2,6-7H2,1H3/t10-/m1/s1. The van der Waals surface area contributed by atoms with Crippen LogP contribution < -0.4 is 5.32 Å². The van der Waals surface area contributed by atoms with Gasteiger partial charge in [0.15, 0.2) is 0 Å². The van der Waals surface area contributed by atoms with Crippen molar-refractivity contribution in [2.24, 2.45) is 0 Å². The van der Waals surface area contributed by atoms with Crippen molar-refractivity contribution in [2.45, 2.75) is 13.0 Å². The molecule has 0 aromatic carbocycles. The van der Waals surface area contributed by atoms with Crippen LogP contribution in [-0.4, -0.2) is 36.0 Å². The molecule has 0 aliphatic heterocycles. The van der Waals surface area contributed by atoms with E-state index in [0.29, 0.717) is 19.8 Å². The van der Waals surface area contributed by atoms with E-state index in [1.54, 1.807) is 12.4 Å². The molecule has 1 atom stereocenters. The predicted octanol–water partition coefficient (Wildman–Crippen LogP) is 1.65. The summed E-state index contributed by atoms with van der Waals surface area (Å²) >= 11 is 3.32. The summed E-state index contributed by atoms with van der Waals surface area (Å²) < 4.78 is 6.00. The zero-order valence-corrected chi connectivity index (χ0v) is 10.2. The second-order valence-corrected chi connectivity index (χ2v) is 4.00. The Labute approximate surface area is 97.8 Å². The van der Waals surface area contributed by atoms with Gasteiger partial charge in [-0.2, -0.15) is 0 Å². The van der Waals surface area contributed by atoms with Crippen LogP contribution in [0, 0.1) is 0 Å². The van der Waals surface area contributed by atoms with E-state index in [0.717, 1.165) is 10.2 Å². The van der Waals surface area contributed by atoms with Crippen LogP contribution in [0.2, 0.25) is 0 Å². The first-order valence-corrected chi connectivity index (χ1v) is 5.62. The second kappa shape index (κ2) is 6.76. The summed E-state index contributed by atoms with van der Waals surface area (Å²) in [6, 6.07) is 1.90. The molecule has 5 heteroatoms. The van der Waals surface area contributed by atoms with Crippen molar-refractivity contribution in [1.82, 2.24) is 4.98 Å². The Morgan fingerprint density at radius 1 is 1.60 bits per heavy atom. The van der Waals surface area contributed by atoms with Gasteiger partial charge >= 0.3 is 0 Å². The van der Waals surface area contributed by atoms with Crippen LogP contribution in [0.3, 0.4) is 0 Å². The van der Waals surface area contributed by atoms with Gasteiger partial charge in [-0.25, -0.2) is 0 Å². The fraction of sp³-hybridized carbons (Fsp3) is 0.500. The topological polar surface area (TPSA) is 54.4 Å². The molecule has 0 spiro atoms. The number of aromatic nitrogens is 1. The van der Waals surface area contributed by atoms with E-state index in [2.05, 4.69) is 26.2 Å². The number of nitrogens with zero attached hydrogens (tertiary/aromatic N) is 1. The molecule has 1 rings (SSSR count). The van der Waals surface area contributed by atoms with Crippen molar-refractivity contribution in [1.29, 1.82) is 0 Å². The Morgan fingerprint density at radius 3 is 3.07 bits per heavy atom. The van der Waals surface area contributed by atoms with Crippen molar-refractivity contribution in [2.75, 3.05) is 25.1 Å². The third-order valence-electron chi connectivity index (χ3n) is 1.76. The fourth-order valence-corrected chi connectivity index (χ4v) is 1.42. The summed E-state index contributed by atoms with van der Waals surface area (Å²) in [5, 5.41) is 12.6. The largest absolute Gasteiger partial charge is 0.389 e. The normalized spacial score (nSPS) is 12.5. The Bertz CT molecular complexity index is 297. The van der Waals surface area contributed by atoms with Gasteiger partial charge in [0.25, 0.3) is 0 Å². The summed E-state index contributed by atoms with van der Waals surface area (Å²) in [5.41, 5.74) is 0.875. The lowest BCUT2D eigenvalue weighted by molar-refractivity contribution is 0.0496. The number of aliphatic hydroxyl groups excluding tert-OH is 1. The first kappa shape index (κ1) is 12.4. The van der Waals surface area contributed by atoms with Gasteiger partial charge in [0.2, 0.25) is 0 Å². The number of nitrogens with one attached hydrogen (secondary N) is 1. The van der Waals surface area contributed by atoms with Crippen LogP contribution in [0.15, 0.2) is 22.9 Å². The monoisotopic (exact) mass is 274 g/mol. The average Bonchev–Trinajstić information content (AvgIpc) is 2.23. The number of hydrogen-bond donors (Lipinski definition) is 2. The minimum atomic E-state index is -0.496. The Hall–Kier alpha value is -0.650. The first-order valence-electron chi connectivity index (χ1n) is 4.82. The van der Waals surface area contributed by atoms with Crippen LogP contribution in [0.25, 0.3) is 0 Å². The van der Waals surface area contributed by atoms with Gasteiger partial charge in [-0.1, -0.05) is 0 Å². The molecule has 0 saturated heterocycles. The summed E-state index contributed by atoms with van der Waals surface area (Å²) in [6.45, 7) is 3.33. The Balaban J connectivity index is 2.30. The van der Waals surface area contributed by atoms with Crippen molar-refractivity contribution in [3.8, 4) is 0 Å². The quantitative estimate of drug-likeness (QED) is 0.829. The number of pyridine rings is 1. The molecular weight excluding hydrogens is 260 g/mol. The van der Waals surface area contributed by atoms with Gasteiger partial charge in [-0.15, -0.1) is 0 Å². The van der Waals surface area contributed by atoms with Crippen LogP contribution in [-0.2, 0) is 4.74 Å². The van der Waals surface area contributed by atoms with Gasteiger partial charge in [-0.05, 0) is 28.9 Å². The van der Waals surface area contributed by atoms with Crippen molar-refractivity contribution in [3.63, 3.8) is 0 Å². The highest BCUT2D eigenvalue weighted by molar-refractivity contribution is 9.10. The zero-order valence-electron chi connectivity index (χ0n) is 8.61. The second-order valence-electron chi connectivity index (χ2n) is 3.09. The summed E-state index contributed by atoms with van der Waals surface area (Å²) in [7, 11) is 0. The van der Waals surface area contributed by atoms with E-state index in [9.17, 15) is 5.11 Å². The maximum absolute atomic E-state index is 9.49.